The Balaban J connectivity index is 1.52. The first kappa shape index (κ1) is 18.9. The number of Topliss-reactive ketones (excluding diaryl/α,β-unsaturated/α-hetero) is 1. The van der Waals surface area contributed by atoms with E-state index in [0.29, 0.717) is 11.4 Å². The fraction of sp³-hybridized carbons (Fsp3) is 0.167. The van der Waals surface area contributed by atoms with Gasteiger partial charge in [0.1, 0.15) is 11.6 Å². The highest BCUT2D eigenvalue weighted by Crippen LogP contribution is 2.31. The van der Waals surface area contributed by atoms with Crippen molar-refractivity contribution in [1.29, 1.82) is 0 Å². The van der Waals surface area contributed by atoms with Crippen LogP contribution in [-0.4, -0.2) is 16.0 Å². The van der Waals surface area contributed by atoms with Gasteiger partial charge in [-0.1, -0.05) is 42.5 Å². The fourth-order valence-corrected chi connectivity index (χ4v) is 3.62. The molecule has 0 amide bonds. The molecule has 0 radical (unpaired) electrons. The highest BCUT2D eigenvalue weighted by Gasteiger charge is 2.12. The van der Waals surface area contributed by atoms with E-state index in [2.05, 4.69) is 10.2 Å². The lowest BCUT2D eigenvalue weighted by Gasteiger charge is -2.08. The Morgan fingerprint density at radius 1 is 1.03 bits per heavy atom. The number of hydrogen-bond donors (Lipinski definition) is 2. The van der Waals surface area contributed by atoms with Crippen molar-refractivity contribution in [2.45, 2.75) is 26.7 Å². The molecule has 0 atom stereocenters. The molecular formula is C24H22FN3O. The number of hydrogen-bond acceptors (Lipinski definition) is 3. The number of aromatic nitrogens is 2. The lowest BCUT2D eigenvalue weighted by atomic mass is 9.97. The Kier molecular flexibility index (Phi) is 4.89. The van der Waals surface area contributed by atoms with Crippen molar-refractivity contribution in [2.24, 2.45) is 0 Å². The largest absolute Gasteiger partial charge is 0.382 e. The first-order valence-electron chi connectivity index (χ1n) is 9.51. The van der Waals surface area contributed by atoms with Gasteiger partial charge in [-0.05, 0) is 59.4 Å². The number of nitrogen functional groups attached to an aromatic ring is 1. The lowest BCUT2D eigenvalue weighted by Crippen LogP contribution is -2.08. The normalized spacial score (nSPS) is 11.1. The third-order valence-corrected chi connectivity index (χ3v) is 5.33. The Morgan fingerprint density at radius 3 is 2.52 bits per heavy atom. The number of fused-ring (bicyclic) bond motifs is 1. The number of nitrogens with one attached hydrogen (secondary N) is 1. The standard InChI is InChI=1S/C24H22FN3O/c1-14-10-18(21(25)11-15(14)2)13-19(29)12-16-6-8-17(9-7-16)20-4-3-5-22-23(20)24(26)28-27-22/h3-11H,12-13H2,1-2H3,(H3,26,27,28). The Labute approximate surface area is 168 Å². The molecular weight excluding hydrogens is 365 g/mol. The molecule has 0 spiro atoms. The predicted octanol–water partition coefficient (Wildman–Crippen LogP) is 4.92. The van der Waals surface area contributed by atoms with E-state index in [9.17, 15) is 9.18 Å². The number of halogens is 1. The summed E-state index contributed by atoms with van der Waals surface area (Å²) in [5, 5.41) is 7.89. The van der Waals surface area contributed by atoms with E-state index in [1.807, 2.05) is 56.3 Å². The molecule has 1 heterocycles. The van der Waals surface area contributed by atoms with Gasteiger partial charge in [-0.15, -0.1) is 0 Å². The number of H-pyrrole nitrogens is 1. The van der Waals surface area contributed by atoms with Crippen LogP contribution in [0.2, 0.25) is 0 Å². The lowest BCUT2D eigenvalue weighted by molar-refractivity contribution is -0.117. The molecule has 4 aromatic rings. The van der Waals surface area contributed by atoms with Gasteiger partial charge >= 0.3 is 0 Å². The molecule has 3 aromatic carbocycles. The summed E-state index contributed by atoms with van der Waals surface area (Å²) in [6, 6.07) is 16.9. The molecule has 0 aliphatic carbocycles. The molecule has 29 heavy (non-hydrogen) atoms. The maximum absolute atomic E-state index is 14.1. The highest BCUT2D eigenvalue weighted by molar-refractivity contribution is 6.01. The van der Waals surface area contributed by atoms with Gasteiger partial charge in [-0.3, -0.25) is 9.89 Å². The number of aromatic amines is 1. The third kappa shape index (κ3) is 3.76. The monoisotopic (exact) mass is 387 g/mol. The molecule has 0 aliphatic heterocycles. The zero-order chi connectivity index (χ0) is 20.5. The third-order valence-electron chi connectivity index (χ3n) is 5.33. The van der Waals surface area contributed by atoms with Crippen molar-refractivity contribution in [3.8, 4) is 11.1 Å². The van der Waals surface area contributed by atoms with Crippen LogP contribution in [0.4, 0.5) is 10.2 Å². The van der Waals surface area contributed by atoms with Crippen molar-refractivity contribution in [2.75, 3.05) is 5.73 Å². The summed E-state index contributed by atoms with van der Waals surface area (Å²) >= 11 is 0. The van der Waals surface area contributed by atoms with E-state index in [1.54, 1.807) is 6.07 Å². The maximum Gasteiger partial charge on any atom is 0.153 e. The van der Waals surface area contributed by atoms with Gasteiger partial charge in [0.25, 0.3) is 0 Å². The minimum atomic E-state index is -0.317. The number of rotatable bonds is 5. The summed E-state index contributed by atoms with van der Waals surface area (Å²) in [4.78, 5) is 12.5. The molecule has 4 rings (SSSR count). The zero-order valence-corrected chi connectivity index (χ0v) is 16.4. The van der Waals surface area contributed by atoms with Gasteiger partial charge in [-0.25, -0.2) is 4.39 Å². The number of nitrogens with zero attached hydrogens (tertiary/aromatic N) is 1. The number of ketones is 1. The average molecular weight is 387 g/mol. The molecule has 0 fully saturated rings. The smallest absolute Gasteiger partial charge is 0.153 e. The fourth-order valence-electron chi connectivity index (χ4n) is 3.62. The van der Waals surface area contributed by atoms with Crippen molar-refractivity contribution in [1.82, 2.24) is 10.2 Å². The quantitative estimate of drug-likeness (QED) is 0.510. The van der Waals surface area contributed by atoms with E-state index < -0.39 is 0 Å². The Bertz CT molecular complexity index is 1210. The van der Waals surface area contributed by atoms with E-state index in [0.717, 1.165) is 38.7 Å². The second kappa shape index (κ2) is 7.51. The Hall–Kier alpha value is -3.47. The van der Waals surface area contributed by atoms with Gasteiger partial charge < -0.3 is 5.73 Å². The van der Waals surface area contributed by atoms with Crippen LogP contribution >= 0.6 is 0 Å². The van der Waals surface area contributed by atoms with Crippen molar-refractivity contribution < 1.29 is 9.18 Å². The molecule has 1 aromatic heterocycles. The summed E-state index contributed by atoms with van der Waals surface area (Å²) in [6.07, 6.45) is 0.365. The van der Waals surface area contributed by atoms with E-state index >= 15 is 0 Å². The first-order chi connectivity index (χ1) is 13.9. The molecule has 0 unspecified atom stereocenters. The number of benzene rings is 3. The first-order valence-corrected chi connectivity index (χ1v) is 9.51. The summed E-state index contributed by atoms with van der Waals surface area (Å²) in [5.74, 6) is 0.133. The van der Waals surface area contributed by atoms with Crippen molar-refractivity contribution in [3.63, 3.8) is 0 Å². The van der Waals surface area contributed by atoms with Crippen LogP contribution in [0.25, 0.3) is 22.0 Å². The second-order valence-electron chi connectivity index (χ2n) is 7.45. The van der Waals surface area contributed by atoms with Crippen LogP contribution in [0.5, 0.6) is 0 Å². The van der Waals surface area contributed by atoms with Crippen molar-refractivity contribution in [3.05, 3.63) is 82.7 Å². The summed E-state index contributed by atoms with van der Waals surface area (Å²) < 4.78 is 14.1. The van der Waals surface area contributed by atoms with Crippen LogP contribution in [0.15, 0.2) is 54.6 Å². The molecule has 0 saturated carbocycles. The SMILES string of the molecule is Cc1cc(F)c(CC(=O)Cc2ccc(-c3cccc4[nH]nc(N)c34)cc2)cc1C. The number of aryl methyl sites for hydroxylation is 2. The number of anilines is 1. The van der Waals surface area contributed by atoms with Gasteiger partial charge in [0.15, 0.2) is 5.82 Å². The van der Waals surface area contributed by atoms with Gasteiger partial charge in [0.2, 0.25) is 0 Å². The molecule has 0 saturated heterocycles. The van der Waals surface area contributed by atoms with E-state index in [4.69, 9.17) is 5.73 Å². The minimum Gasteiger partial charge on any atom is -0.382 e. The average Bonchev–Trinajstić information content (AvgIpc) is 3.08. The van der Waals surface area contributed by atoms with Gasteiger partial charge in [0.05, 0.1) is 10.9 Å². The molecule has 4 nitrogen and oxygen atoms in total. The minimum absolute atomic E-state index is 0.0129. The molecule has 0 bridgehead atoms. The van der Waals surface area contributed by atoms with Crippen LogP contribution in [0.3, 0.4) is 0 Å². The number of nitrogens with two attached hydrogens (primary N) is 1. The molecule has 3 N–H and O–H groups in total. The molecule has 0 aliphatic rings. The summed E-state index contributed by atoms with van der Waals surface area (Å²) in [7, 11) is 0. The molecule has 146 valence electrons. The van der Waals surface area contributed by atoms with Gasteiger partial charge in [0, 0.05) is 12.8 Å². The maximum atomic E-state index is 14.1. The van der Waals surface area contributed by atoms with Crippen LogP contribution in [-0.2, 0) is 17.6 Å². The van der Waals surface area contributed by atoms with E-state index in [-0.39, 0.29) is 24.4 Å². The van der Waals surface area contributed by atoms with Crippen LogP contribution in [0, 0.1) is 19.7 Å². The number of carbonyl (C=O) groups is 1. The second-order valence-corrected chi connectivity index (χ2v) is 7.45. The topological polar surface area (TPSA) is 71.8 Å². The van der Waals surface area contributed by atoms with E-state index in [1.165, 1.54) is 6.07 Å². The summed E-state index contributed by atoms with van der Waals surface area (Å²) in [5.41, 5.74) is 12.1. The zero-order valence-electron chi connectivity index (χ0n) is 16.4. The predicted molar refractivity (Wildman–Crippen MR) is 114 cm³/mol. The summed E-state index contributed by atoms with van der Waals surface area (Å²) in [6.45, 7) is 3.79. The van der Waals surface area contributed by atoms with Crippen LogP contribution < -0.4 is 5.73 Å². The number of carbonyl (C=O) groups excluding carboxylic acids is 1. The van der Waals surface area contributed by atoms with Gasteiger partial charge in [-0.2, -0.15) is 5.10 Å². The molecule has 5 heteroatoms. The highest BCUT2D eigenvalue weighted by atomic mass is 19.1. The van der Waals surface area contributed by atoms with Crippen LogP contribution in [0.1, 0.15) is 22.3 Å². The Morgan fingerprint density at radius 2 is 1.76 bits per heavy atom. The van der Waals surface area contributed by atoms with Crippen molar-refractivity contribution >= 4 is 22.5 Å².